The van der Waals surface area contributed by atoms with E-state index in [1.54, 1.807) is 0 Å². The zero-order valence-electron chi connectivity index (χ0n) is 12.8. The molecule has 0 atom stereocenters. The van der Waals surface area contributed by atoms with E-state index in [0.29, 0.717) is 5.56 Å². The van der Waals surface area contributed by atoms with Crippen molar-refractivity contribution in [2.75, 3.05) is 0 Å². The van der Waals surface area contributed by atoms with Crippen LogP contribution in [0.5, 0.6) is 0 Å². The Bertz CT molecular complexity index is 515. The predicted molar refractivity (Wildman–Crippen MR) is 85.7 cm³/mol. The standard InChI is InChI=1S/C16H23BrN2O/c1-9-6-10(8-11(17)7-9)12(20)19-14-15(2,3)13(18)16(14,4)5/h6-8,13-14H,18H2,1-5H3,(H,19,20). The molecule has 1 aliphatic carbocycles. The average Bonchev–Trinajstić information content (AvgIpc) is 2.33. The predicted octanol–water partition coefficient (Wildman–Crippen LogP) is 3.25. The second-order valence-corrected chi connectivity index (χ2v) is 7.96. The van der Waals surface area contributed by atoms with Gasteiger partial charge in [-0.1, -0.05) is 43.6 Å². The van der Waals surface area contributed by atoms with Gasteiger partial charge in [0.2, 0.25) is 0 Å². The van der Waals surface area contributed by atoms with Gasteiger partial charge in [-0.05, 0) is 30.7 Å². The van der Waals surface area contributed by atoms with Gasteiger partial charge >= 0.3 is 0 Å². The molecule has 4 heteroatoms. The maximum atomic E-state index is 12.5. The lowest BCUT2D eigenvalue weighted by molar-refractivity contribution is -0.0663. The molecule has 3 N–H and O–H groups in total. The number of benzene rings is 1. The lowest BCUT2D eigenvalue weighted by atomic mass is 9.48. The third kappa shape index (κ3) is 2.40. The first kappa shape index (κ1) is 15.5. The van der Waals surface area contributed by atoms with E-state index in [0.717, 1.165) is 10.0 Å². The van der Waals surface area contributed by atoms with Crippen LogP contribution in [0.3, 0.4) is 0 Å². The number of rotatable bonds is 2. The number of amides is 1. The molecule has 0 heterocycles. The number of hydrogen-bond acceptors (Lipinski definition) is 2. The van der Waals surface area contributed by atoms with Gasteiger partial charge in [0, 0.05) is 32.9 Å². The molecule has 1 fully saturated rings. The van der Waals surface area contributed by atoms with E-state index < -0.39 is 0 Å². The molecule has 2 rings (SSSR count). The van der Waals surface area contributed by atoms with E-state index >= 15 is 0 Å². The quantitative estimate of drug-likeness (QED) is 0.869. The summed E-state index contributed by atoms with van der Waals surface area (Å²) in [6.45, 7) is 10.4. The Labute approximate surface area is 129 Å². The first-order chi connectivity index (χ1) is 9.06. The molecule has 0 bridgehead atoms. The third-order valence-corrected chi connectivity index (χ3v) is 5.13. The van der Waals surface area contributed by atoms with Gasteiger partial charge in [-0.3, -0.25) is 4.79 Å². The van der Waals surface area contributed by atoms with Crippen LogP contribution < -0.4 is 11.1 Å². The van der Waals surface area contributed by atoms with E-state index in [1.165, 1.54) is 0 Å². The number of carbonyl (C=O) groups is 1. The molecule has 110 valence electrons. The lowest BCUT2D eigenvalue weighted by Crippen LogP contribution is -2.76. The van der Waals surface area contributed by atoms with E-state index in [2.05, 4.69) is 48.9 Å². The Morgan fingerprint density at radius 1 is 1.20 bits per heavy atom. The highest BCUT2D eigenvalue weighted by Crippen LogP contribution is 2.52. The summed E-state index contributed by atoms with van der Waals surface area (Å²) in [5.74, 6) is -0.0348. The minimum atomic E-state index is -0.0831. The summed E-state index contributed by atoms with van der Waals surface area (Å²) in [4.78, 5) is 12.5. The fourth-order valence-electron chi connectivity index (χ4n) is 3.63. The number of nitrogens with two attached hydrogens (primary N) is 1. The Kier molecular flexibility index (Phi) is 3.76. The van der Waals surface area contributed by atoms with Crippen molar-refractivity contribution >= 4 is 21.8 Å². The molecule has 0 aliphatic heterocycles. The molecule has 1 aromatic carbocycles. The zero-order chi connectivity index (χ0) is 15.3. The van der Waals surface area contributed by atoms with Crippen molar-refractivity contribution in [1.29, 1.82) is 0 Å². The van der Waals surface area contributed by atoms with Crippen molar-refractivity contribution in [3.05, 3.63) is 33.8 Å². The molecule has 1 amide bonds. The summed E-state index contributed by atoms with van der Waals surface area (Å²) in [7, 11) is 0. The van der Waals surface area contributed by atoms with Crippen molar-refractivity contribution in [1.82, 2.24) is 5.32 Å². The second kappa shape index (κ2) is 4.85. The lowest BCUT2D eigenvalue weighted by Gasteiger charge is -2.62. The summed E-state index contributed by atoms with van der Waals surface area (Å²) in [6.07, 6.45) is 0. The monoisotopic (exact) mass is 338 g/mol. The maximum Gasteiger partial charge on any atom is 0.251 e. The molecule has 0 saturated heterocycles. The largest absolute Gasteiger partial charge is 0.348 e. The van der Waals surface area contributed by atoms with Gasteiger partial charge < -0.3 is 11.1 Å². The molecule has 1 aromatic rings. The summed E-state index contributed by atoms with van der Waals surface area (Å²) in [5, 5.41) is 3.16. The van der Waals surface area contributed by atoms with Crippen LogP contribution in [0, 0.1) is 17.8 Å². The van der Waals surface area contributed by atoms with Gasteiger partial charge in [-0.2, -0.15) is 0 Å². The van der Waals surface area contributed by atoms with E-state index in [9.17, 15) is 4.79 Å². The Morgan fingerprint density at radius 3 is 2.25 bits per heavy atom. The molecule has 1 aliphatic rings. The Morgan fingerprint density at radius 2 is 1.75 bits per heavy atom. The molecule has 0 aromatic heterocycles. The van der Waals surface area contributed by atoms with Crippen LogP contribution in [0.2, 0.25) is 0 Å². The molecular weight excluding hydrogens is 316 g/mol. The fourth-order valence-corrected chi connectivity index (χ4v) is 4.24. The van der Waals surface area contributed by atoms with Crippen LogP contribution in [0.1, 0.15) is 43.6 Å². The number of aryl methyl sites for hydroxylation is 1. The minimum Gasteiger partial charge on any atom is -0.348 e. The highest BCUT2D eigenvalue weighted by Gasteiger charge is 2.60. The molecule has 0 unspecified atom stereocenters. The van der Waals surface area contributed by atoms with Crippen molar-refractivity contribution in [2.24, 2.45) is 16.6 Å². The normalized spacial score (nSPS) is 26.8. The van der Waals surface area contributed by atoms with Gasteiger partial charge in [0.05, 0.1) is 0 Å². The van der Waals surface area contributed by atoms with Gasteiger partial charge in [0.15, 0.2) is 0 Å². The van der Waals surface area contributed by atoms with E-state index in [4.69, 9.17) is 5.73 Å². The Hall–Kier alpha value is -0.870. The van der Waals surface area contributed by atoms with Crippen molar-refractivity contribution in [3.8, 4) is 0 Å². The van der Waals surface area contributed by atoms with Crippen LogP contribution in [0.25, 0.3) is 0 Å². The number of carbonyl (C=O) groups excluding carboxylic acids is 1. The van der Waals surface area contributed by atoms with Crippen LogP contribution in [0.4, 0.5) is 0 Å². The van der Waals surface area contributed by atoms with Crippen molar-refractivity contribution in [2.45, 2.75) is 46.7 Å². The molecule has 20 heavy (non-hydrogen) atoms. The van der Waals surface area contributed by atoms with E-state index in [-0.39, 0.29) is 28.8 Å². The number of hydrogen-bond donors (Lipinski definition) is 2. The van der Waals surface area contributed by atoms with Gasteiger partial charge in [0.1, 0.15) is 0 Å². The molecule has 3 nitrogen and oxygen atoms in total. The van der Waals surface area contributed by atoms with Crippen molar-refractivity contribution < 1.29 is 4.79 Å². The fraction of sp³-hybridized carbons (Fsp3) is 0.562. The first-order valence-electron chi connectivity index (χ1n) is 6.90. The minimum absolute atomic E-state index is 0.0348. The smallest absolute Gasteiger partial charge is 0.251 e. The second-order valence-electron chi connectivity index (χ2n) is 7.04. The highest BCUT2D eigenvalue weighted by atomic mass is 79.9. The molecule has 0 radical (unpaired) electrons. The highest BCUT2D eigenvalue weighted by molar-refractivity contribution is 9.10. The van der Waals surface area contributed by atoms with Gasteiger partial charge in [-0.15, -0.1) is 0 Å². The molecule has 1 saturated carbocycles. The van der Waals surface area contributed by atoms with Gasteiger partial charge in [0.25, 0.3) is 5.91 Å². The summed E-state index contributed by atoms with van der Waals surface area (Å²) in [5.41, 5.74) is 7.81. The molecular formula is C16H23BrN2O. The van der Waals surface area contributed by atoms with Crippen molar-refractivity contribution in [3.63, 3.8) is 0 Å². The maximum absolute atomic E-state index is 12.5. The SMILES string of the molecule is Cc1cc(Br)cc(C(=O)NC2C(C)(C)C(N)C2(C)C)c1. The first-order valence-corrected chi connectivity index (χ1v) is 7.69. The van der Waals surface area contributed by atoms with E-state index in [1.807, 2.05) is 25.1 Å². The summed E-state index contributed by atoms with van der Waals surface area (Å²) < 4.78 is 0.923. The topological polar surface area (TPSA) is 55.1 Å². The Balaban J connectivity index is 2.20. The van der Waals surface area contributed by atoms with Crippen LogP contribution >= 0.6 is 15.9 Å². The average molecular weight is 339 g/mol. The zero-order valence-corrected chi connectivity index (χ0v) is 14.3. The molecule has 0 spiro atoms. The summed E-state index contributed by atoms with van der Waals surface area (Å²) >= 11 is 3.43. The van der Waals surface area contributed by atoms with Crippen LogP contribution in [-0.4, -0.2) is 18.0 Å². The van der Waals surface area contributed by atoms with Gasteiger partial charge in [-0.25, -0.2) is 0 Å². The summed E-state index contributed by atoms with van der Waals surface area (Å²) in [6, 6.07) is 5.91. The third-order valence-electron chi connectivity index (χ3n) is 4.67. The number of halogens is 1. The van der Waals surface area contributed by atoms with Crippen LogP contribution in [-0.2, 0) is 0 Å². The number of nitrogens with one attached hydrogen (secondary N) is 1. The van der Waals surface area contributed by atoms with Crippen LogP contribution in [0.15, 0.2) is 22.7 Å².